The zero-order chi connectivity index (χ0) is 10.1. The summed E-state index contributed by atoms with van der Waals surface area (Å²) in [6.07, 6.45) is 3.00. The summed E-state index contributed by atoms with van der Waals surface area (Å²) in [6, 6.07) is 0.169. The third-order valence-corrected chi connectivity index (χ3v) is 4.02. The van der Waals surface area contributed by atoms with E-state index in [9.17, 15) is 8.42 Å². The number of sulfonamides is 1. The fourth-order valence-corrected chi connectivity index (χ4v) is 2.65. The van der Waals surface area contributed by atoms with Gasteiger partial charge in [0.2, 0.25) is 10.0 Å². The summed E-state index contributed by atoms with van der Waals surface area (Å²) in [5.41, 5.74) is 5.87. The van der Waals surface area contributed by atoms with Gasteiger partial charge >= 0.3 is 0 Å². The third-order valence-electron chi connectivity index (χ3n) is 2.75. The summed E-state index contributed by atoms with van der Waals surface area (Å²) in [5, 5.41) is 0. The second kappa shape index (κ2) is 3.94. The Bertz CT molecular complexity index is 263. The first-order chi connectivity index (χ1) is 5.95. The van der Waals surface area contributed by atoms with E-state index in [2.05, 4.69) is 6.92 Å². The van der Waals surface area contributed by atoms with Crippen molar-refractivity contribution in [3.05, 3.63) is 0 Å². The number of nitrogens with zero attached hydrogens (tertiary/aromatic N) is 1. The van der Waals surface area contributed by atoms with Gasteiger partial charge < -0.3 is 5.73 Å². The van der Waals surface area contributed by atoms with Crippen LogP contribution in [-0.2, 0) is 10.0 Å². The monoisotopic (exact) mass is 206 g/mol. The van der Waals surface area contributed by atoms with Crippen LogP contribution in [0, 0.1) is 5.92 Å². The molecule has 0 aromatic rings. The molecular weight excluding hydrogens is 188 g/mol. The third kappa shape index (κ3) is 2.65. The Morgan fingerprint density at radius 3 is 2.62 bits per heavy atom. The molecule has 0 aromatic carbocycles. The Labute approximate surface area is 80.1 Å². The number of hydrogen-bond donors (Lipinski definition) is 1. The van der Waals surface area contributed by atoms with Crippen LogP contribution in [0.5, 0.6) is 0 Å². The molecule has 78 valence electrons. The largest absolute Gasteiger partial charge is 0.327 e. The van der Waals surface area contributed by atoms with Crippen LogP contribution in [0.15, 0.2) is 0 Å². The minimum absolute atomic E-state index is 0.169. The van der Waals surface area contributed by atoms with Crippen LogP contribution in [-0.4, -0.2) is 38.1 Å². The Kier molecular flexibility index (Phi) is 3.32. The summed E-state index contributed by atoms with van der Waals surface area (Å²) in [5.74, 6) is 0.323. The van der Waals surface area contributed by atoms with Gasteiger partial charge in [-0.1, -0.05) is 13.3 Å². The predicted molar refractivity (Wildman–Crippen MR) is 52.8 cm³/mol. The van der Waals surface area contributed by atoms with Gasteiger partial charge in [0.25, 0.3) is 0 Å². The molecule has 0 bridgehead atoms. The first-order valence-corrected chi connectivity index (χ1v) is 6.50. The molecule has 2 atom stereocenters. The van der Waals surface area contributed by atoms with Crippen molar-refractivity contribution in [1.29, 1.82) is 0 Å². The van der Waals surface area contributed by atoms with E-state index < -0.39 is 10.0 Å². The molecule has 5 heteroatoms. The van der Waals surface area contributed by atoms with Crippen molar-refractivity contribution in [2.75, 3.05) is 19.3 Å². The quantitative estimate of drug-likeness (QED) is 0.692. The van der Waals surface area contributed by atoms with Crippen LogP contribution in [0.25, 0.3) is 0 Å². The zero-order valence-corrected chi connectivity index (χ0v) is 9.05. The van der Waals surface area contributed by atoms with Crippen molar-refractivity contribution in [3.63, 3.8) is 0 Å². The van der Waals surface area contributed by atoms with Gasteiger partial charge in [0, 0.05) is 19.1 Å². The van der Waals surface area contributed by atoms with E-state index in [1.54, 1.807) is 0 Å². The molecule has 0 spiro atoms. The van der Waals surface area contributed by atoms with E-state index in [0.717, 1.165) is 12.8 Å². The molecule has 1 aliphatic rings. The van der Waals surface area contributed by atoms with Crippen LogP contribution in [0.3, 0.4) is 0 Å². The van der Waals surface area contributed by atoms with E-state index >= 15 is 0 Å². The second-order valence-electron chi connectivity index (χ2n) is 3.74. The lowest BCUT2D eigenvalue weighted by molar-refractivity contribution is 0.231. The lowest BCUT2D eigenvalue weighted by atomic mass is 9.92. The van der Waals surface area contributed by atoms with Gasteiger partial charge in [-0.05, 0) is 12.3 Å². The number of piperidine rings is 1. The second-order valence-corrected chi connectivity index (χ2v) is 5.72. The molecule has 1 heterocycles. The van der Waals surface area contributed by atoms with E-state index in [1.807, 2.05) is 0 Å². The average Bonchev–Trinajstić information content (AvgIpc) is 2.03. The maximum atomic E-state index is 11.2. The average molecular weight is 206 g/mol. The standard InChI is InChI=1S/C8H18N2O2S/c1-3-7-6-10(13(2,11)12)5-4-8(7)9/h7-8H,3-6,9H2,1-2H3. The Morgan fingerprint density at radius 2 is 2.15 bits per heavy atom. The van der Waals surface area contributed by atoms with Crippen molar-refractivity contribution >= 4 is 10.0 Å². The van der Waals surface area contributed by atoms with E-state index in [4.69, 9.17) is 5.73 Å². The minimum Gasteiger partial charge on any atom is -0.327 e. The highest BCUT2D eigenvalue weighted by Gasteiger charge is 2.29. The molecule has 13 heavy (non-hydrogen) atoms. The van der Waals surface area contributed by atoms with Gasteiger partial charge in [-0.3, -0.25) is 0 Å². The molecular formula is C8H18N2O2S. The summed E-state index contributed by atoms with van der Waals surface area (Å²) >= 11 is 0. The smallest absolute Gasteiger partial charge is 0.211 e. The Morgan fingerprint density at radius 1 is 1.54 bits per heavy atom. The molecule has 0 radical (unpaired) electrons. The van der Waals surface area contributed by atoms with Gasteiger partial charge in [0.1, 0.15) is 0 Å². The number of hydrogen-bond acceptors (Lipinski definition) is 3. The van der Waals surface area contributed by atoms with Crippen LogP contribution in [0.1, 0.15) is 19.8 Å². The molecule has 1 saturated heterocycles. The van der Waals surface area contributed by atoms with Crippen molar-refractivity contribution < 1.29 is 8.42 Å². The van der Waals surface area contributed by atoms with E-state index in [0.29, 0.717) is 19.0 Å². The van der Waals surface area contributed by atoms with Crippen molar-refractivity contribution in [3.8, 4) is 0 Å². The Hall–Kier alpha value is -0.130. The molecule has 0 aliphatic carbocycles. The zero-order valence-electron chi connectivity index (χ0n) is 8.23. The summed E-state index contributed by atoms with van der Waals surface area (Å²) in [4.78, 5) is 0. The first-order valence-electron chi connectivity index (χ1n) is 4.66. The van der Waals surface area contributed by atoms with Crippen LogP contribution in [0.4, 0.5) is 0 Å². The van der Waals surface area contributed by atoms with Gasteiger partial charge in [-0.25, -0.2) is 12.7 Å². The fourth-order valence-electron chi connectivity index (χ4n) is 1.75. The van der Waals surface area contributed by atoms with Gasteiger partial charge in [-0.15, -0.1) is 0 Å². The molecule has 2 unspecified atom stereocenters. The predicted octanol–water partition coefficient (Wildman–Crippen LogP) is 0.00520. The van der Waals surface area contributed by atoms with Crippen molar-refractivity contribution in [2.45, 2.75) is 25.8 Å². The van der Waals surface area contributed by atoms with Crippen molar-refractivity contribution in [2.24, 2.45) is 11.7 Å². The molecule has 4 nitrogen and oxygen atoms in total. The van der Waals surface area contributed by atoms with Crippen LogP contribution < -0.4 is 5.73 Å². The molecule has 2 N–H and O–H groups in total. The normalized spacial score (nSPS) is 31.9. The van der Waals surface area contributed by atoms with Gasteiger partial charge in [0.15, 0.2) is 0 Å². The SMILES string of the molecule is CCC1CN(S(C)(=O)=O)CCC1N. The topological polar surface area (TPSA) is 63.4 Å². The molecule has 1 rings (SSSR count). The first kappa shape index (κ1) is 10.9. The van der Waals surface area contributed by atoms with Gasteiger partial charge in [0.05, 0.1) is 6.26 Å². The molecule has 0 saturated carbocycles. The van der Waals surface area contributed by atoms with Crippen LogP contribution >= 0.6 is 0 Å². The van der Waals surface area contributed by atoms with E-state index in [-0.39, 0.29) is 6.04 Å². The fraction of sp³-hybridized carbons (Fsp3) is 1.00. The molecule has 1 fully saturated rings. The molecule has 1 aliphatic heterocycles. The van der Waals surface area contributed by atoms with Gasteiger partial charge in [-0.2, -0.15) is 0 Å². The highest BCUT2D eigenvalue weighted by molar-refractivity contribution is 7.88. The maximum Gasteiger partial charge on any atom is 0.211 e. The summed E-state index contributed by atoms with van der Waals surface area (Å²) in [6.45, 7) is 3.23. The van der Waals surface area contributed by atoms with E-state index in [1.165, 1.54) is 10.6 Å². The minimum atomic E-state index is -3.01. The number of rotatable bonds is 2. The van der Waals surface area contributed by atoms with Crippen LogP contribution in [0.2, 0.25) is 0 Å². The Balaban J connectivity index is 2.65. The highest BCUT2D eigenvalue weighted by Crippen LogP contribution is 2.20. The lowest BCUT2D eigenvalue weighted by Gasteiger charge is -2.34. The molecule has 0 aromatic heterocycles. The number of nitrogens with two attached hydrogens (primary N) is 1. The highest BCUT2D eigenvalue weighted by atomic mass is 32.2. The summed E-state index contributed by atoms with van der Waals surface area (Å²) < 4.78 is 24.0. The molecule has 0 amide bonds. The lowest BCUT2D eigenvalue weighted by Crippen LogP contribution is -2.48. The van der Waals surface area contributed by atoms with Crippen molar-refractivity contribution in [1.82, 2.24) is 4.31 Å². The summed E-state index contributed by atoms with van der Waals surface area (Å²) in [7, 11) is -3.01. The maximum absolute atomic E-state index is 11.2.